The Morgan fingerprint density at radius 1 is 1.20 bits per heavy atom. The van der Waals surface area contributed by atoms with Crippen LogP contribution in [0.15, 0.2) is 0 Å². The Labute approximate surface area is 123 Å². The van der Waals surface area contributed by atoms with E-state index in [1.54, 1.807) is 0 Å². The largest absolute Gasteiger partial charge is 0.355 e. The molecule has 0 radical (unpaired) electrons. The number of nitrogens with two attached hydrogens (primary N) is 1. The molecule has 1 saturated heterocycles. The Bertz CT molecular complexity index is 265. The summed E-state index contributed by atoms with van der Waals surface area (Å²) < 4.78 is 0. The van der Waals surface area contributed by atoms with Crippen molar-refractivity contribution >= 4 is 5.91 Å². The molecule has 1 heterocycles. The van der Waals surface area contributed by atoms with Crippen molar-refractivity contribution in [3.05, 3.63) is 0 Å². The number of nitrogens with one attached hydrogen (secondary N) is 1. The zero-order valence-electron chi connectivity index (χ0n) is 13.2. The maximum Gasteiger partial charge on any atom is 0.237 e. The Kier molecular flexibility index (Phi) is 8.82. The Morgan fingerprint density at radius 3 is 2.50 bits per heavy atom. The van der Waals surface area contributed by atoms with Gasteiger partial charge in [0.1, 0.15) is 0 Å². The molecule has 0 spiro atoms. The van der Waals surface area contributed by atoms with Crippen LogP contribution in [0, 0.1) is 0 Å². The van der Waals surface area contributed by atoms with Crippen molar-refractivity contribution < 1.29 is 4.79 Å². The number of hydrogen-bond donors (Lipinski definition) is 2. The van der Waals surface area contributed by atoms with E-state index in [0.717, 1.165) is 52.1 Å². The Balaban J connectivity index is 2.18. The van der Waals surface area contributed by atoms with E-state index in [-0.39, 0.29) is 11.9 Å². The van der Waals surface area contributed by atoms with E-state index in [0.29, 0.717) is 0 Å². The number of piperazine rings is 1. The van der Waals surface area contributed by atoms with Crippen molar-refractivity contribution in [1.82, 2.24) is 15.1 Å². The van der Waals surface area contributed by atoms with Gasteiger partial charge in [0.15, 0.2) is 0 Å². The van der Waals surface area contributed by atoms with Crippen LogP contribution >= 0.6 is 0 Å². The van der Waals surface area contributed by atoms with Crippen LogP contribution in [0.1, 0.15) is 39.5 Å². The van der Waals surface area contributed by atoms with Crippen molar-refractivity contribution in [2.24, 2.45) is 5.73 Å². The first kappa shape index (κ1) is 17.4. The van der Waals surface area contributed by atoms with E-state index in [4.69, 9.17) is 5.73 Å². The van der Waals surface area contributed by atoms with Gasteiger partial charge in [-0.05, 0) is 39.3 Å². The van der Waals surface area contributed by atoms with Crippen LogP contribution in [-0.4, -0.2) is 67.6 Å². The first-order valence-electron chi connectivity index (χ1n) is 8.13. The molecular weight excluding hydrogens is 252 g/mol. The van der Waals surface area contributed by atoms with E-state index >= 15 is 0 Å². The zero-order valence-corrected chi connectivity index (χ0v) is 13.2. The SMILES string of the molecule is CCCNC(=O)C(C)N1CCN(CCCCCN)CC1. The third kappa shape index (κ3) is 6.20. The molecule has 20 heavy (non-hydrogen) atoms. The van der Waals surface area contributed by atoms with Gasteiger partial charge in [0.2, 0.25) is 5.91 Å². The fourth-order valence-corrected chi connectivity index (χ4v) is 2.59. The predicted molar refractivity (Wildman–Crippen MR) is 83.7 cm³/mol. The average molecular weight is 284 g/mol. The highest BCUT2D eigenvalue weighted by molar-refractivity contribution is 5.81. The second-order valence-electron chi connectivity index (χ2n) is 5.69. The smallest absolute Gasteiger partial charge is 0.237 e. The molecular formula is C15H32N4O. The van der Waals surface area contributed by atoms with Crippen LogP contribution in [0.5, 0.6) is 0 Å². The number of unbranched alkanes of at least 4 members (excludes halogenated alkanes) is 2. The molecule has 0 bridgehead atoms. The van der Waals surface area contributed by atoms with Crippen molar-refractivity contribution in [2.75, 3.05) is 45.8 Å². The number of nitrogens with zero attached hydrogens (tertiary/aromatic N) is 2. The van der Waals surface area contributed by atoms with E-state index in [9.17, 15) is 4.79 Å². The van der Waals surface area contributed by atoms with Crippen LogP contribution in [0.3, 0.4) is 0 Å². The predicted octanol–water partition coefficient (Wildman–Crippen LogP) is 0.648. The normalized spacial score (nSPS) is 18.9. The highest BCUT2D eigenvalue weighted by atomic mass is 16.2. The summed E-state index contributed by atoms with van der Waals surface area (Å²) >= 11 is 0. The van der Waals surface area contributed by atoms with E-state index in [1.807, 2.05) is 6.92 Å². The van der Waals surface area contributed by atoms with Gasteiger partial charge in [-0.15, -0.1) is 0 Å². The highest BCUT2D eigenvalue weighted by Gasteiger charge is 2.24. The van der Waals surface area contributed by atoms with Crippen LogP contribution < -0.4 is 11.1 Å². The molecule has 1 amide bonds. The molecule has 5 heteroatoms. The van der Waals surface area contributed by atoms with Crippen LogP contribution in [-0.2, 0) is 4.79 Å². The fraction of sp³-hybridized carbons (Fsp3) is 0.933. The first-order valence-corrected chi connectivity index (χ1v) is 8.13. The topological polar surface area (TPSA) is 61.6 Å². The minimum atomic E-state index is 0.000871. The number of amides is 1. The fourth-order valence-electron chi connectivity index (χ4n) is 2.59. The molecule has 3 N–H and O–H groups in total. The summed E-state index contributed by atoms with van der Waals surface area (Å²) in [6.45, 7) is 11.0. The summed E-state index contributed by atoms with van der Waals surface area (Å²) in [4.78, 5) is 16.7. The second-order valence-corrected chi connectivity index (χ2v) is 5.69. The lowest BCUT2D eigenvalue weighted by atomic mass is 10.2. The number of carbonyl (C=O) groups is 1. The van der Waals surface area contributed by atoms with Crippen LogP contribution in [0.25, 0.3) is 0 Å². The summed E-state index contributed by atoms with van der Waals surface area (Å²) in [5, 5.41) is 2.98. The van der Waals surface area contributed by atoms with Gasteiger partial charge < -0.3 is 16.0 Å². The van der Waals surface area contributed by atoms with Gasteiger partial charge in [0.05, 0.1) is 6.04 Å². The second kappa shape index (κ2) is 10.1. The van der Waals surface area contributed by atoms with Crippen molar-refractivity contribution in [3.8, 4) is 0 Å². The average Bonchev–Trinajstić information content (AvgIpc) is 2.49. The standard InChI is InChI=1S/C15H32N4O/c1-3-8-17-15(20)14(2)19-12-10-18(11-13-19)9-6-4-5-7-16/h14H,3-13,16H2,1-2H3,(H,17,20). The lowest BCUT2D eigenvalue weighted by molar-refractivity contribution is -0.126. The summed E-state index contributed by atoms with van der Waals surface area (Å²) in [5.41, 5.74) is 5.50. The number of carbonyl (C=O) groups excluding carboxylic acids is 1. The minimum Gasteiger partial charge on any atom is -0.355 e. The van der Waals surface area contributed by atoms with Crippen molar-refractivity contribution in [1.29, 1.82) is 0 Å². The summed E-state index contributed by atoms with van der Waals surface area (Å²) in [7, 11) is 0. The molecule has 0 aromatic carbocycles. The van der Waals surface area contributed by atoms with E-state index < -0.39 is 0 Å². The van der Waals surface area contributed by atoms with Crippen LogP contribution in [0.2, 0.25) is 0 Å². The monoisotopic (exact) mass is 284 g/mol. The highest BCUT2D eigenvalue weighted by Crippen LogP contribution is 2.08. The molecule has 0 aromatic heterocycles. The lowest BCUT2D eigenvalue weighted by Gasteiger charge is -2.37. The Hall–Kier alpha value is -0.650. The summed E-state index contributed by atoms with van der Waals surface area (Å²) in [6.07, 6.45) is 4.60. The van der Waals surface area contributed by atoms with Crippen molar-refractivity contribution in [2.45, 2.75) is 45.6 Å². The molecule has 1 fully saturated rings. The van der Waals surface area contributed by atoms with Gasteiger partial charge in [0.25, 0.3) is 0 Å². The third-order valence-corrected chi connectivity index (χ3v) is 4.06. The number of hydrogen-bond acceptors (Lipinski definition) is 4. The van der Waals surface area contributed by atoms with E-state index in [2.05, 4.69) is 22.0 Å². The quantitative estimate of drug-likeness (QED) is 0.610. The molecule has 1 aliphatic rings. The molecule has 1 aliphatic heterocycles. The number of rotatable bonds is 9. The van der Waals surface area contributed by atoms with Gasteiger partial charge >= 0.3 is 0 Å². The third-order valence-electron chi connectivity index (χ3n) is 4.06. The van der Waals surface area contributed by atoms with Crippen molar-refractivity contribution in [3.63, 3.8) is 0 Å². The van der Waals surface area contributed by atoms with Gasteiger partial charge in [0, 0.05) is 32.7 Å². The molecule has 1 rings (SSSR count). The molecule has 0 aliphatic carbocycles. The van der Waals surface area contributed by atoms with Crippen LogP contribution in [0.4, 0.5) is 0 Å². The molecule has 1 unspecified atom stereocenters. The maximum absolute atomic E-state index is 11.9. The Morgan fingerprint density at radius 2 is 1.90 bits per heavy atom. The van der Waals surface area contributed by atoms with Gasteiger partial charge in [-0.1, -0.05) is 13.3 Å². The molecule has 0 saturated carbocycles. The van der Waals surface area contributed by atoms with E-state index in [1.165, 1.54) is 19.4 Å². The van der Waals surface area contributed by atoms with Gasteiger partial charge in [-0.2, -0.15) is 0 Å². The summed E-state index contributed by atoms with van der Waals surface area (Å²) in [5.74, 6) is 0.170. The molecule has 118 valence electrons. The first-order chi connectivity index (χ1) is 9.69. The maximum atomic E-state index is 11.9. The van der Waals surface area contributed by atoms with Gasteiger partial charge in [-0.25, -0.2) is 0 Å². The molecule has 0 aromatic rings. The minimum absolute atomic E-state index is 0.000871. The summed E-state index contributed by atoms with van der Waals surface area (Å²) in [6, 6.07) is 0.000871. The lowest BCUT2D eigenvalue weighted by Crippen LogP contribution is -2.54. The van der Waals surface area contributed by atoms with Gasteiger partial charge in [-0.3, -0.25) is 9.69 Å². The zero-order chi connectivity index (χ0) is 14.8. The molecule has 5 nitrogen and oxygen atoms in total. The molecule has 1 atom stereocenters.